The third-order valence-electron chi connectivity index (χ3n) is 2.08. The standard InChI is InChI=1S/C10H13ClN2O3/c1-10(2)15-6-7(16-10)5-14-9-4-12-8(11)3-13-9/h3-4,7H,5-6H2,1-2H3. The summed E-state index contributed by atoms with van der Waals surface area (Å²) in [6.45, 7) is 4.65. The molecule has 1 aliphatic heterocycles. The van der Waals surface area contributed by atoms with Crippen LogP contribution in [0.3, 0.4) is 0 Å². The number of aromatic nitrogens is 2. The Kier molecular flexibility index (Phi) is 3.28. The molecule has 0 aliphatic carbocycles. The molecule has 0 saturated carbocycles. The van der Waals surface area contributed by atoms with E-state index in [1.54, 1.807) is 0 Å². The number of hydrogen-bond acceptors (Lipinski definition) is 5. The Balaban J connectivity index is 1.82. The lowest BCUT2D eigenvalue weighted by atomic mass is 10.4. The van der Waals surface area contributed by atoms with Crippen molar-refractivity contribution in [2.45, 2.75) is 25.7 Å². The van der Waals surface area contributed by atoms with Gasteiger partial charge in [0.2, 0.25) is 5.88 Å². The number of halogens is 1. The zero-order chi connectivity index (χ0) is 11.6. The molecule has 0 amide bonds. The van der Waals surface area contributed by atoms with Gasteiger partial charge < -0.3 is 14.2 Å². The Bertz CT molecular complexity index is 356. The average molecular weight is 245 g/mol. The van der Waals surface area contributed by atoms with Crippen molar-refractivity contribution in [2.75, 3.05) is 13.2 Å². The molecule has 1 fully saturated rings. The van der Waals surface area contributed by atoms with Gasteiger partial charge >= 0.3 is 0 Å². The van der Waals surface area contributed by atoms with Gasteiger partial charge in [0.15, 0.2) is 5.79 Å². The van der Waals surface area contributed by atoms with E-state index in [0.717, 1.165) is 0 Å². The zero-order valence-electron chi connectivity index (χ0n) is 9.14. The van der Waals surface area contributed by atoms with E-state index >= 15 is 0 Å². The van der Waals surface area contributed by atoms with Crippen molar-refractivity contribution in [3.8, 4) is 5.88 Å². The first kappa shape index (κ1) is 11.6. The summed E-state index contributed by atoms with van der Waals surface area (Å²) in [5.74, 6) is -0.0996. The maximum Gasteiger partial charge on any atom is 0.232 e. The average Bonchev–Trinajstić information content (AvgIpc) is 2.58. The Morgan fingerprint density at radius 3 is 2.88 bits per heavy atom. The van der Waals surface area contributed by atoms with Crippen molar-refractivity contribution in [2.24, 2.45) is 0 Å². The molecule has 0 bridgehead atoms. The maximum absolute atomic E-state index is 5.60. The lowest BCUT2D eigenvalue weighted by molar-refractivity contribution is -0.141. The van der Waals surface area contributed by atoms with Crippen molar-refractivity contribution >= 4 is 11.6 Å². The molecule has 0 radical (unpaired) electrons. The highest BCUT2D eigenvalue weighted by Crippen LogP contribution is 2.22. The lowest BCUT2D eigenvalue weighted by Gasteiger charge is -2.17. The summed E-state index contributed by atoms with van der Waals surface area (Å²) >= 11 is 5.60. The minimum Gasteiger partial charge on any atom is -0.474 e. The Hall–Kier alpha value is -0.910. The van der Waals surface area contributed by atoms with Crippen LogP contribution >= 0.6 is 11.6 Å². The first-order chi connectivity index (χ1) is 7.55. The van der Waals surface area contributed by atoms with Crippen molar-refractivity contribution in [1.82, 2.24) is 9.97 Å². The van der Waals surface area contributed by atoms with Crippen LogP contribution in [0.2, 0.25) is 5.15 Å². The molecule has 6 heteroatoms. The molecule has 88 valence electrons. The molecular formula is C10H13ClN2O3. The molecule has 1 atom stereocenters. The van der Waals surface area contributed by atoms with Gasteiger partial charge in [-0.3, -0.25) is 0 Å². The third kappa shape index (κ3) is 3.04. The number of rotatable bonds is 3. The predicted octanol–water partition coefficient (Wildman–Crippen LogP) is 1.66. The molecule has 0 N–H and O–H groups in total. The summed E-state index contributed by atoms with van der Waals surface area (Å²) in [5, 5.41) is 0.342. The Morgan fingerprint density at radius 2 is 2.31 bits per heavy atom. The topological polar surface area (TPSA) is 53.5 Å². The molecule has 16 heavy (non-hydrogen) atoms. The summed E-state index contributed by atoms with van der Waals surface area (Å²) in [6, 6.07) is 0. The summed E-state index contributed by atoms with van der Waals surface area (Å²) in [5.41, 5.74) is 0. The summed E-state index contributed by atoms with van der Waals surface area (Å²) in [6.07, 6.45) is 2.84. The van der Waals surface area contributed by atoms with Gasteiger partial charge in [0, 0.05) is 0 Å². The fourth-order valence-electron chi connectivity index (χ4n) is 1.40. The van der Waals surface area contributed by atoms with Crippen LogP contribution in [0.15, 0.2) is 12.4 Å². The number of hydrogen-bond donors (Lipinski definition) is 0. The van der Waals surface area contributed by atoms with Crippen molar-refractivity contribution in [3.05, 3.63) is 17.5 Å². The zero-order valence-corrected chi connectivity index (χ0v) is 9.90. The monoisotopic (exact) mass is 244 g/mol. The molecule has 0 aromatic carbocycles. The van der Waals surface area contributed by atoms with E-state index in [0.29, 0.717) is 24.2 Å². The van der Waals surface area contributed by atoms with Gasteiger partial charge in [-0.05, 0) is 13.8 Å². The smallest absolute Gasteiger partial charge is 0.232 e. The SMILES string of the molecule is CC1(C)OCC(COc2cnc(Cl)cn2)O1. The second-order valence-corrected chi connectivity index (χ2v) is 4.33. The van der Waals surface area contributed by atoms with Gasteiger partial charge in [0.05, 0.1) is 19.0 Å². The van der Waals surface area contributed by atoms with Crippen LogP contribution in [0.1, 0.15) is 13.8 Å². The highest BCUT2D eigenvalue weighted by Gasteiger charge is 2.32. The van der Waals surface area contributed by atoms with E-state index in [1.807, 2.05) is 13.8 Å². The molecule has 1 aromatic heterocycles. The van der Waals surface area contributed by atoms with Crippen LogP contribution in [0.5, 0.6) is 5.88 Å². The normalized spacial score (nSPS) is 23.3. The minimum absolute atomic E-state index is 0.0764. The molecule has 2 heterocycles. The van der Waals surface area contributed by atoms with Gasteiger partial charge in [0.25, 0.3) is 0 Å². The number of ether oxygens (including phenoxy) is 3. The summed E-state index contributed by atoms with van der Waals surface area (Å²) < 4.78 is 16.4. The van der Waals surface area contributed by atoms with Gasteiger partial charge in [-0.15, -0.1) is 0 Å². The molecule has 5 nitrogen and oxygen atoms in total. The van der Waals surface area contributed by atoms with E-state index in [2.05, 4.69) is 9.97 Å². The lowest BCUT2D eigenvalue weighted by Crippen LogP contribution is -2.25. The first-order valence-corrected chi connectivity index (χ1v) is 5.35. The quantitative estimate of drug-likeness (QED) is 0.810. The molecule has 1 aliphatic rings. The van der Waals surface area contributed by atoms with Gasteiger partial charge in [-0.2, -0.15) is 0 Å². The molecule has 1 unspecified atom stereocenters. The van der Waals surface area contributed by atoms with Gasteiger partial charge in [-0.25, -0.2) is 9.97 Å². The number of nitrogens with zero attached hydrogens (tertiary/aromatic N) is 2. The second-order valence-electron chi connectivity index (χ2n) is 3.94. The summed E-state index contributed by atoms with van der Waals surface area (Å²) in [4.78, 5) is 7.82. The van der Waals surface area contributed by atoms with Crippen LogP contribution in [-0.2, 0) is 9.47 Å². The molecule has 0 spiro atoms. The maximum atomic E-state index is 5.60. The highest BCUT2D eigenvalue weighted by molar-refractivity contribution is 6.29. The van der Waals surface area contributed by atoms with E-state index in [4.69, 9.17) is 25.8 Å². The fourth-order valence-corrected chi connectivity index (χ4v) is 1.50. The predicted molar refractivity (Wildman–Crippen MR) is 57.4 cm³/mol. The Labute approximate surface area is 98.7 Å². The molecule has 1 saturated heterocycles. The summed E-state index contributed by atoms with van der Waals surface area (Å²) in [7, 11) is 0. The van der Waals surface area contributed by atoms with E-state index in [-0.39, 0.29) is 6.10 Å². The van der Waals surface area contributed by atoms with Crippen molar-refractivity contribution in [3.63, 3.8) is 0 Å². The van der Waals surface area contributed by atoms with E-state index in [9.17, 15) is 0 Å². The Morgan fingerprint density at radius 1 is 1.50 bits per heavy atom. The largest absolute Gasteiger partial charge is 0.474 e. The second kappa shape index (κ2) is 4.53. The van der Waals surface area contributed by atoms with Crippen LogP contribution in [0.4, 0.5) is 0 Å². The fraction of sp³-hybridized carbons (Fsp3) is 0.600. The van der Waals surface area contributed by atoms with E-state index < -0.39 is 5.79 Å². The molecular weight excluding hydrogens is 232 g/mol. The molecule has 2 rings (SSSR count). The highest BCUT2D eigenvalue weighted by atomic mass is 35.5. The van der Waals surface area contributed by atoms with Crippen LogP contribution in [0.25, 0.3) is 0 Å². The molecule has 1 aromatic rings. The van der Waals surface area contributed by atoms with Crippen LogP contribution < -0.4 is 4.74 Å². The third-order valence-corrected chi connectivity index (χ3v) is 2.28. The van der Waals surface area contributed by atoms with Gasteiger partial charge in [0.1, 0.15) is 17.9 Å². The van der Waals surface area contributed by atoms with Crippen molar-refractivity contribution < 1.29 is 14.2 Å². The van der Waals surface area contributed by atoms with Crippen LogP contribution in [0, 0.1) is 0 Å². The van der Waals surface area contributed by atoms with E-state index in [1.165, 1.54) is 12.4 Å². The minimum atomic E-state index is -0.528. The van der Waals surface area contributed by atoms with Crippen molar-refractivity contribution in [1.29, 1.82) is 0 Å². The first-order valence-electron chi connectivity index (χ1n) is 4.97. The van der Waals surface area contributed by atoms with Crippen LogP contribution in [-0.4, -0.2) is 35.1 Å². The van der Waals surface area contributed by atoms with Gasteiger partial charge in [-0.1, -0.05) is 11.6 Å².